The van der Waals surface area contributed by atoms with Crippen molar-refractivity contribution in [2.75, 3.05) is 46.8 Å². The van der Waals surface area contributed by atoms with Crippen molar-refractivity contribution >= 4 is 12.6 Å². The molecule has 0 bridgehead atoms. The van der Waals surface area contributed by atoms with E-state index >= 15 is 0 Å². The van der Waals surface area contributed by atoms with Crippen molar-refractivity contribution in [3.05, 3.63) is 36.4 Å². The van der Waals surface area contributed by atoms with Crippen LogP contribution in [0.2, 0.25) is 0 Å². The zero-order chi connectivity index (χ0) is 18.1. The molecule has 3 N–H and O–H groups in total. The second-order valence-electron chi connectivity index (χ2n) is 6.36. The smallest absolute Gasteiger partial charge is 0.121 e. The molecule has 1 saturated heterocycles. The van der Waals surface area contributed by atoms with Crippen molar-refractivity contribution in [1.82, 2.24) is 26.0 Å². The number of piperidine rings is 1. The highest BCUT2D eigenvalue weighted by Crippen LogP contribution is 2.18. The third-order valence-electron chi connectivity index (χ3n) is 4.56. The Balaban J connectivity index is 1.98. The maximum Gasteiger partial charge on any atom is 0.121 e. The van der Waals surface area contributed by atoms with Crippen LogP contribution in [-0.4, -0.2) is 69.3 Å². The second-order valence-corrected chi connectivity index (χ2v) is 6.36. The predicted octanol–water partition coefficient (Wildman–Crippen LogP) is 0.925. The first-order chi connectivity index (χ1) is 12.2. The summed E-state index contributed by atoms with van der Waals surface area (Å²) < 4.78 is 0. The number of nitrogens with one attached hydrogen (secondary N) is 3. The fourth-order valence-corrected chi connectivity index (χ4v) is 3.06. The Morgan fingerprint density at radius 1 is 1.48 bits per heavy atom. The van der Waals surface area contributed by atoms with Crippen LogP contribution in [0, 0.1) is 5.92 Å². The Labute approximate surface area is 151 Å². The van der Waals surface area contributed by atoms with E-state index in [4.69, 9.17) is 0 Å². The number of aliphatic imine (C=N–C) groups is 2. The van der Waals surface area contributed by atoms with Gasteiger partial charge in [0.25, 0.3) is 0 Å². The first-order valence-corrected chi connectivity index (χ1v) is 8.80. The summed E-state index contributed by atoms with van der Waals surface area (Å²) in [5.41, 5.74) is 5.25. The van der Waals surface area contributed by atoms with Crippen molar-refractivity contribution < 1.29 is 0 Å². The Hall–Kier alpha value is -1.96. The quantitative estimate of drug-likeness (QED) is 0.451. The van der Waals surface area contributed by atoms with E-state index in [1.54, 1.807) is 6.20 Å². The molecule has 7 heteroatoms. The van der Waals surface area contributed by atoms with Crippen LogP contribution in [0.25, 0.3) is 0 Å². The molecule has 2 rings (SSSR count). The summed E-state index contributed by atoms with van der Waals surface area (Å²) >= 11 is 0. The third-order valence-corrected chi connectivity index (χ3v) is 4.56. The molecule has 2 heterocycles. The highest BCUT2D eigenvalue weighted by molar-refractivity contribution is 5.87. The number of amidine groups is 1. The standard InChI is InChI=1S/C18H31N7/c1-15(17-12-23-24(4)14-17)25(10-9-19-2)18(20-3)13-22-11-16-5-7-21-8-6-16/h9-10,14,16,21-23H,1-2,5-8,11-13H2,3-4H3/b10-9-,20-18?. The van der Waals surface area contributed by atoms with Crippen molar-refractivity contribution in [2.45, 2.75) is 12.8 Å². The Bertz CT molecular complexity index is 544. The molecule has 0 aliphatic carbocycles. The molecular formula is C18H31N7. The van der Waals surface area contributed by atoms with Gasteiger partial charge < -0.3 is 20.5 Å². The molecule has 0 aromatic carbocycles. The first kappa shape index (κ1) is 19.4. The van der Waals surface area contributed by atoms with Gasteiger partial charge in [0, 0.05) is 50.5 Å². The molecule has 0 unspecified atom stereocenters. The number of rotatable bonds is 8. The summed E-state index contributed by atoms with van der Waals surface area (Å²) in [6, 6.07) is 0. The van der Waals surface area contributed by atoms with Crippen LogP contribution in [-0.2, 0) is 0 Å². The molecule has 0 amide bonds. The molecule has 1 fully saturated rings. The minimum absolute atomic E-state index is 0.692. The second kappa shape index (κ2) is 10.1. The van der Waals surface area contributed by atoms with Gasteiger partial charge >= 0.3 is 0 Å². The highest BCUT2D eigenvalue weighted by atomic mass is 15.5. The van der Waals surface area contributed by atoms with E-state index in [1.807, 2.05) is 36.4 Å². The lowest BCUT2D eigenvalue weighted by atomic mass is 9.98. The van der Waals surface area contributed by atoms with Crippen molar-refractivity contribution in [1.29, 1.82) is 0 Å². The minimum atomic E-state index is 0.692. The molecular weight excluding hydrogens is 314 g/mol. The van der Waals surface area contributed by atoms with Gasteiger partial charge in [0.15, 0.2) is 0 Å². The lowest BCUT2D eigenvalue weighted by Crippen LogP contribution is -2.39. The lowest BCUT2D eigenvalue weighted by molar-refractivity contribution is 0.361. The Morgan fingerprint density at radius 3 is 2.84 bits per heavy atom. The van der Waals surface area contributed by atoms with Gasteiger partial charge in [-0.3, -0.25) is 9.98 Å². The van der Waals surface area contributed by atoms with E-state index in [0.717, 1.165) is 49.2 Å². The molecule has 0 spiro atoms. The van der Waals surface area contributed by atoms with E-state index in [9.17, 15) is 0 Å². The summed E-state index contributed by atoms with van der Waals surface area (Å²) in [6.07, 6.45) is 8.03. The average Bonchev–Trinajstić information content (AvgIpc) is 3.07. The highest BCUT2D eigenvalue weighted by Gasteiger charge is 2.19. The molecule has 7 nitrogen and oxygen atoms in total. The maximum atomic E-state index is 4.47. The van der Waals surface area contributed by atoms with Crippen molar-refractivity contribution in [2.24, 2.45) is 15.9 Å². The molecule has 25 heavy (non-hydrogen) atoms. The van der Waals surface area contributed by atoms with Gasteiger partial charge in [-0.05, 0) is 45.1 Å². The van der Waals surface area contributed by atoms with Gasteiger partial charge in [-0.25, -0.2) is 5.43 Å². The molecule has 2 aliphatic rings. The van der Waals surface area contributed by atoms with E-state index in [1.165, 1.54) is 12.8 Å². The lowest BCUT2D eigenvalue weighted by Gasteiger charge is -2.26. The Kier molecular flexibility index (Phi) is 7.84. The largest absolute Gasteiger partial charge is 0.318 e. The third kappa shape index (κ3) is 5.81. The van der Waals surface area contributed by atoms with Crippen LogP contribution in [0.15, 0.2) is 46.4 Å². The van der Waals surface area contributed by atoms with E-state index in [-0.39, 0.29) is 0 Å². The van der Waals surface area contributed by atoms with Gasteiger partial charge in [0.1, 0.15) is 5.84 Å². The number of hydrogen-bond acceptors (Lipinski definition) is 6. The van der Waals surface area contributed by atoms with E-state index in [0.29, 0.717) is 6.54 Å². The van der Waals surface area contributed by atoms with Crippen molar-refractivity contribution in [3.8, 4) is 0 Å². The molecule has 138 valence electrons. The molecule has 0 atom stereocenters. The summed E-state index contributed by atoms with van der Waals surface area (Å²) in [5.74, 6) is 1.64. The minimum Gasteiger partial charge on any atom is -0.318 e. The zero-order valence-electron chi connectivity index (χ0n) is 15.5. The van der Waals surface area contributed by atoms with Gasteiger partial charge in [-0.15, -0.1) is 0 Å². The van der Waals surface area contributed by atoms with Crippen LogP contribution in [0.3, 0.4) is 0 Å². The fraction of sp³-hybridized carbons (Fsp3) is 0.556. The zero-order valence-corrected chi connectivity index (χ0v) is 15.5. The molecule has 0 radical (unpaired) electrons. The topological polar surface area (TPSA) is 67.3 Å². The molecule has 0 saturated carbocycles. The van der Waals surface area contributed by atoms with Gasteiger partial charge in [-0.1, -0.05) is 6.58 Å². The monoisotopic (exact) mass is 345 g/mol. The van der Waals surface area contributed by atoms with Gasteiger partial charge in [0.05, 0.1) is 6.54 Å². The van der Waals surface area contributed by atoms with Crippen LogP contribution < -0.4 is 16.1 Å². The van der Waals surface area contributed by atoms with Gasteiger partial charge in [0.2, 0.25) is 0 Å². The Morgan fingerprint density at radius 2 is 2.24 bits per heavy atom. The van der Waals surface area contributed by atoms with Gasteiger partial charge in [-0.2, -0.15) is 0 Å². The number of hydrazine groups is 1. The van der Waals surface area contributed by atoms with Crippen LogP contribution >= 0.6 is 0 Å². The SMILES string of the molecule is C=N/C=C\N(C(=C)C1=CN(C)NC1)C(CNCC1CCNCC1)=NC. The number of hydrogen-bond donors (Lipinski definition) is 3. The van der Waals surface area contributed by atoms with Crippen LogP contribution in [0.1, 0.15) is 12.8 Å². The van der Waals surface area contributed by atoms with Crippen LogP contribution in [0.4, 0.5) is 0 Å². The van der Waals surface area contributed by atoms with Crippen molar-refractivity contribution in [3.63, 3.8) is 0 Å². The predicted molar refractivity (Wildman–Crippen MR) is 105 cm³/mol. The summed E-state index contributed by atoms with van der Waals surface area (Å²) in [4.78, 5) is 10.3. The van der Waals surface area contributed by atoms with E-state index in [2.05, 4.69) is 39.3 Å². The maximum absolute atomic E-state index is 4.47. The van der Waals surface area contributed by atoms with E-state index < -0.39 is 0 Å². The molecule has 0 aromatic heterocycles. The number of nitrogens with zero attached hydrogens (tertiary/aromatic N) is 4. The first-order valence-electron chi connectivity index (χ1n) is 8.80. The normalized spacial score (nSPS) is 19.4. The molecule has 2 aliphatic heterocycles. The average molecular weight is 345 g/mol. The fourth-order valence-electron chi connectivity index (χ4n) is 3.06. The van der Waals surface area contributed by atoms with Crippen LogP contribution in [0.5, 0.6) is 0 Å². The summed E-state index contributed by atoms with van der Waals surface area (Å²) in [6.45, 7) is 12.5. The summed E-state index contributed by atoms with van der Waals surface area (Å²) in [7, 11) is 3.78. The molecule has 0 aromatic rings. The summed E-state index contributed by atoms with van der Waals surface area (Å²) in [5, 5.41) is 8.89.